The highest BCUT2D eigenvalue weighted by Gasteiger charge is 1.97. The normalized spacial score (nSPS) is 11.6. The molecule has 0 bridgehead atoms. The quantitative estimate of drug-likeness (QED) is 0.0717. The minimum Gasteiger partial charge on any atom is -0.396 e. The van der Waals surface area contributed by atoms with Gasteiger partial charge in [0.15, 0.2) is 0 Å². The van der Waals surface area contributed by atoms with Crippen LogP contribution in [0.25, 0.3) is 0 Å². The second kappa shape index (κ2) is 40.9. The lowest BCUT2D eigenvalue weighted by Crippen LogP contribution is -1.97. The van der Waals surface area contributed by atoms with Crippen molar-refractivity contribution >= 4 is 0 Å². The molecule has 1 N–H and O–H groups in total. The molecular weight excluding hydrogens is 512 g/mol. The highest BCUT2D eigenvalue weighted by atomic mass is 16.5. The fraction of sp³-hybridized carbons (Fsp3) is 1.00. The maximum absolute atomic E-state index is 8.79. The van der Waals surface area contributed by atoms with Gasteiger partial charge in [0, 0.05) is 19.8 Å². The fourth-order valence-corrected chi connectivity index (χ4v) is 6.35. The van der Waals surface area contributed by atoms with Crippen molar-refractivity contribution in [2.24, 2.45) is 0 Å². The van der Waals surface area contributed by atoms with Crippen LogP contribution in [0.5, 0.6) is 0 Å². The number of unbranched alkanes of at least 4 members (excludes halogenated alkanes) is 34. The summed E-state index contributed by atoms with van der Waals surface area (Å²) < 4.78 is 5.88. The molecule has 2 heteroatoms. The summed E-state index contributed by atoms with van der Waals surface area (Å²) in [6, 6.07) is 0. The van der Waals surface area contributed by atoms with Crippen molar-refractivity contribution in [3.05, 3.63) is 0 Å². The highest BCUT2D eigenvalue weighted by Crippen LogP contribution is 2.16. The van der Waals surface area contributed by atoms with E-state index in [1.807, 2.05) is 0 Å². The molecule has 0 aromatic carbocycles. The summed E-state index contributed by atoms with van der Waals surface area (Å²) in [6.07, 6.45) is 50.7. The van der Waals surface area contributed by atoms with Gasteiger partial charge in [-0.05, 0) is 19.3 Å². The Labute approximate surface area is 267 Å². The monoisotopic (exact) mass is 595 g/mol. The Morgan fingerprint density at radius 1 is 0.262 bits per heavy atom. The van der Waals surface area contributed by atoms with E-state index >= 15 is 0 Å². The summed E-state index contributed by atoms with van der Waals surface area (Å²) in [5, 5.41) is 8.79. The Kier molecular flexibility index (Phi) is 40.8. The zero-order valence-corrected chi connectivity index (χ0v) is 29.4. The maximum atomic E-state index is 8.79. The largest absolute Gasteiger partial charge is 0.396 e. The van der Waals surface area contributed by atoms with Crippen LogP contribution in [0.4, 0.5) is 0 Å². The van der Waals surface area contributed by atoms with Gasteiger partial charge in [0.2, 0.25) is 0 Å². The van der Waals surface area contributed by atoms with E-state index in [2.05, 4.69) is 6.92 Å². The van der Waals surface area contributed by atoms with Gasteiger partial charge >= 0.3 is 0 Å². The van der Waals surface area contributed by atoms with E-state index in [4.69, 9.17) is 9.84 Å². The molecule has 0 radical (unpaired) electrons. The van der Waals surface area contributed by atoms with Crippen LogP contribution >= 0.6 is 0 Å². The van der Waals surface area contributed by atoms with Gasteiger partial charge in [-0.1, -0.05) is 219 Å². The van der Waals surface area contributed by atoms with Crippen LogP contribution in [0.1, 0.15) is 238 Å². The summed E-state index contributed by atoms with van der Waals surface area (Å²) in [4.78, 5) is 0. The standard InChI is InChI=1S/C40H82O2/c1-2-3-4-5-6-7-8-9-10-11-12-13-15-18-21-24-27-30-33-36-39-42-40-37-34-31-28-25-22-19-16-14-17-20-23-26-29-32-35-38-41/h41H,2-40H2,1H3. The van der Waals surface area contributed by atoms with E-state index in [-0.39, 0.29) is 0 Å². The van der Waals surface area contributed by atoms with E-state index in [1.54, 1.807) is 0 Å². The molecule has 2 nitrogen and oxygen atoms in total. The molecule has 0 aromatic heterocycles. The molecule has 0 saturated heterocycles. The van der Waals surface area contributed by atoms with Gasteiger partial charge in [0.1, 0.15) is 0 Å². The highest BCUT2D eigenvalue weighted by molar-refractivity contribution is 4.52. The van der Waals surface area contributed by atoms with Crippen molar-refractivity contribution in [3.8, 4) is 0 Å². The molecule has 42 heavy (non-hydrogen) atoms. The molecular formula is C40H82O2. The molecule has 0 amide bonds. The predicted molar refractivity (Wildman–Crippen MR) is 190 cm³/mol. The molecule has 0 fully saturated rings. The second-order valence-electron chi connectivity index (χ2n) is 13.7. The molecule has 0 saturated carbocycles. The first kappa shape index (κ1) is 41.9. The van der Waals surface area contributed by atoms with Crippen molar-refractivity contribution in [1.29, 1.82) is 0 Å². The number of aliphatic hydroxyl groups excluding tert-OH is 1. The molecule has 0 aliphatic rings. The summed E-state index contributed by atoms with van der Waals surface area (Å²) in [5.74, 6) is 0. The average molecular weight is 595 g/mol. The summed E-state index contributed by atoms with van der Waals surface area (Å²) in [7, 11) is 0. The van der Waals surface area contributed by atoms with Crippen molar-refractivity contribution in [3.63, 3.8) is 0 Å². The van der Waals surface area contributed by atoms with Gasteiger partial charge in [0.25, 0.3) is 0 Å². The lowest BCUT2D eigenvalue weighted by atomic mass is 10.0. The first-order chi connectivity index (χ1) is 20.9. The van der Waals surface area contributed by atoms with Crippen LogP contribution < -0.4 is 0 Å². The second-order valence-corrected chi connectivity index (χ2v) is 13.7. The third-order valence-corrected chi connectivity index (χ3v) is 9.34. The smallest absolute Gasteiger partial charge is 0.0466 e. The van der Waals surface area contributed by atoms with Crippen LogP contribution in [-0.2, 0) is 4.74 Å². The first-order valence-corrected chi connectivity index (χ1v) is 20.1. The van der Waals surface area contributed by atoms with Crippen molar-refractivity contribution in [1.82, 2.24) is 0 Å². The zero-order valence-electron chi connectivity index (χ0n) is 29.4. The molecule has 254 valence electrons. The molecule has 0 heterocycles. The van der Waals surface area contributed by atoms with Crippen LogP contribution in [0.3, 0.4) is 0 Å². The van der Waals surface area contributed by atoms with Gasteiger partial charge < -0.3 is 9.84 Å². The Bertz CT molecular complexity index is 397. The van der Waals surface area contributed by atoms with Crippen LogP contribution in [0.2, 0.25) is 0 Å². The van der Waals surface area contributed by atoms with Gasteiger partial charge in [-0.3, -0.25) is 0 Å². The molecule has 0 unspecified atom stereocenters. The van der Waals surface area contributed by atoms with Gasteiger partial charge in [-0.2, -0.15) is 0 Å². The lowest BCUT2D eigenvalue weighted by molar-refractivity contribution is 0.125. The predicted octanol–water partition coefficient (Wildman–Crippen LogP) is 14.1. The van der Waals surface area contributed by atoms with Crippen molar-refractivity contribution in [2.45, 2.75) is 238 Å². The van der Waals surface area contributed by atoms with Gasteiger partial charge in [0.05, 0.1) is 0 Å². The topological polar surface area (TPSA) is 29.5 Å². The SMILES string of the molecule is CCCCCCCCCCCCCCCCCCCCCCOCCCCCCCCCCCCCCCCCCO. The number of ether oxygens (including phenoxy) is 1. The van der Waals surface area contributed by atoms with Crippen LogP contribution in [-0.4, -0.2) is 24.9 Å². The minimum absolute atomic E-state index is 0.369. The fourth-order valence-electron chi connectivity index (χ4n) is 6.35. The Morgan fingerprint density at radius 2 is 0.452 bits per heavy atom. The number of hydrogen-bond acceptors (Lipinski definition) is 2. The summed E-state index contributed by atoms with van der Waals surface area (Å²) in [6.45, 7) is 4.65. The first-order valence-electron chi connectivity index (χ1n) is 20.1. The number of rotatable bonds is 39. The Morgan fingerprint density at radius 3 is 0.667 bits per heavy atom. The third-order valence-electron chi connectivity index (χ3n) is 9.34. The molecule has 0 rings (SSSR count). The van der Waals surface area contributed by atoms with Crippen LogP contribution in [0.15, 0.2) is 0 Å². The third kappa shape index (κ3) is 39.9. The summed E-state index contributed by atoms with van der Waals surface area (Å²) in [5.41, 5.74) is 0. The van der Waals surface area contributed by atoms with E-state index in [0.29, 0.717) is 6.61 Å². The molecule has 0 atom stereocenters. The lowest BCUT2D eigenvalue weighted by Gasteiger charge is -2.06. The molecule has 0 aromatic rings. The molecule has 0 aliphatic carbocycles. The van der Waals surface area contributed by atoms with E-state index in [9.17, 15) is 0 Å². The number of aliphatic hydroxyl groups is 1. The number of hydrogen-bond donors (Lipinski definition) is 1. The summed E-state index contributed by atoms with van der Waals surface area (Å²) >= 11 is 0. The molecule has 0 aliphatic heterocycles. The van der Waals surface area contributed by atoms with Crippen molar-refractivity contribution < 1.29 is 9.84 Å². The minimum atomic E-state index is 0.369. The van der Waals surface area contributed by atoms with E-state index < -0.39 is 0 Å². The van der Waals surface area contributed by atoms with Crippen LogP contribution in [0, 0.1) is 0 Å². The van der Waals surface area contributed by atoms with Crippen molar-refractivity contribution in [2.75, 3.05) is 19.8 Å². The van der Waals surface area contributed by atoms with Gasteiger partial charge in [-0.25, -0.2) is 0 Å². The Hall–Kier alpha value is -0.0800. The average Bonchev–Trinajstić information content (AvgIpc) is 3.00. The van der Waals surface area contributed by atoms with E-state index in [1.165, 1.54) is 225 Å². The molecule has 0 spiro atoms. The van der Waals surface area contributed by atoms with E-state index in [0.717, 1.165) is 19.6 Å². The Balaban J connectivity index is 3.02. The maximum Gasteiger partial charge on any atom is 0.0466 e. The zero-order chi connectivity index (χ0) is 30.3. The van der Waals surface area contributed by atoms with Gasteiger partial charge in [-0.15, -0.1) is 0 Å².